The predicted molar refractivity (Wildman–Crippen MR) is 104 cm³/mol. The fourth-order valence-electron chi connectivity index (χ4n) is 3.28. The van der Waals surface area contributed by atoms with Crippen molar-refractivity contribution in [1.82, 2.24) is 5.32 Å². The molecule has 136 valence electrons. The van der Waals surface area contributed by atoms with Crippen molar-refractivity contribution in [1.29, 1.82) is 0 Å². The highest BCUT2D eigenvalue weighted by molar-refractivity contribution is 6.02. The molecular weight excluding hydrogens is 326 g/mol. The van der Waals surface area contributed by atoms with Crippen LogP contribution in [0.5, 0.6) is 0 Å². The number of nitrogens with zero attached hydrogens (tertiary/aromatic N) is 1. The minimum Gasteiger partial charge on any atom is -0.326 e. The second-order valence-corrected chi connectivity index (χ2v) is 7.06. The maximum Gasteiger partial charge on any atom is 0.319 e. The first-order valence-electron chi connectivity index (χ1n) is 8.99. The van der Waals surface area contributed by atoms with Crippen LogP contribution in [0.4, 0.5) is 16.2 Å². The van der Waals surface area contributed by atoms with E-state index in [0.29, 0.717) is 12.2 Å². The third-order valence-corrected chi connectivity index (χ3v) is 4.65. The van der Waals surface area contributed by atoms with Crippen molar-refractivity contribution in [3.63, 3.8) is 0 Å². The molecular formula is C21H25N3O2. The van der Waals surface area contributed by atoms with E-state index < -0.39 is 6.04 Å². The fraction of sp³-hybridized carbons (Fsp3) is 0.333. The monoisotopic (exact) mass is 351 g/mol. The van der Waals surface area contributed by atoms with Crippen molar-refractivity contribution >= 4 is 23.3 Å². The Hall–Kier alpha value is -2.82. The average Bonchev–Trinajstić information content (AvgIpc) is 3.03. The van der Waals surface area contributed by atoms with Crippen molar-refractivity contribution in [2.75, 3.05) is 16.8 Å². The van der Waals surface area contributed by atoms with E-state index in [1.165, 1.54) is 5.56 Å². The Morgan fingerprint density at radius 1 is 1.08 bits per heavy atom. The number of carbonyl (C=O) groups excluding carboxylic acids is 2. The number of carbonyl (C=O) groups is 2. The number of nitrogens with one attached hydrogen (secondary N) is 2. The molecule has 1 unspecified atom stereocenters. The summed E-state index contributed by atoms with van der Waals surface area (Å²) in [5.74, 6) is -0.0807. The van der Waals surface area contributed by atoms with Crippen LogP contribution in [0.1, 0.15) is 25.0 Å². The highest BCUT2D eigenvalue weighted by atomic mass is 16.2. The van der Waals surface area contributed by atoms with Gasteiger partial charge in [0.1, 0.15) is 6.04 Å². The molecule has 0 fully saturated rings. The van der Waals surface area contributed by atoms with Gasteiger partial charge in [0, 0.05) is 17.9 Å². The van der Waals surface area contributed by atoms with Crippen LogP contribution in [0, 0.1) is 12.8 Å². The Morgan fingerprint density at radius 3 is 2.58 bits per heavy atom. The number of urea groups is 1. The second kappa shape index (κ2) is 7.60. The Bertz CT molecular complexity index is 816. The standard InChI is InChI=1S/C21H25N3O2/c1-14(2)19(23-21(26)22-17-9-6-7-15(3)13-17)20(25)24-12-11-16-8-4-5-10-18(16)24/h4-10,13-14,19H,11-12H2,1-3H3,(H2,22,23,26). The van der Waals surface area contributed by atoms with E-state index in [2.05, 4.69) is 10.6 Å². The maximum absolute atomic E-state index is 13.1. The van der Waals surface area contributed by atoms with E-state index in [1.807, 2.05) is 69.3 Å². The summed E-state index contributed by atoms with van der Waals surface area (Å²) in [6.07, 6.45) is 0.849. The van der Waals surface area contributed by atoms with Gasteiger partial charge >= 0.3 is 6.03 Å². The zero-order chi connectivity index (χ0) is 18.7. The molecule has 0 aromatic heterocycles. The molecule has 1 aliphatic heterocycles. The number of amides is 3. The van der Waals surface area contributed by atoms with E-state index in [-0.39, 0.29) is 17.9 Å². The number of aryl methyl sites for hydroxylation is 1. The number of fused-ring (bicyclic) bond motifs is 1. The number of rotatable bonds is 4. The Balaban J connectivity index is 1.71. The van der Waals surface area contributed by atoms with Gasteiger partial charge in [0.05, 0.1) is 0 Å². The van der Waals surface area contributed by atoms with Gasteiger partial charge < -0.3 is 15.5 Å². The zero-order valence-electron chi connectivity index (χ0n) is 15.5. The lowest BCUT2D eigenvalue weighted by Gasteiger charge is -2.27. The molecule has 5 heteroatoms. The van der Waals surface area contributed by atoms with Crippen molar-refractivity contribution in [2.24, 2.45) is 5.92 Å². The summed E-state index contributed by atoms with van der Waals surface area (Å²) in [6, 6.07) is 14.6. The lowest BCUT2D eigenvalue weighted by molar-refractivity contribution is -0.121. The van der Waals surface area contributed by atoms with E-state index in [0.717, 1.165) is 17.7 Å². The number of para-hydroxylation sites is 1. The molecule has 2 N–H and O–H groups in total. The van der Waals surface area contributed by atoms with Gasteiger partial charge in [0.2, 0.25) is 5.91 Å². The van der Waals surface area contributed by atoms with Gasteiger partial charge in [-0.3, -0.25) is 4.79 Å². The molecule has 0 bridgehead atoms. The molecule has 0 aliphatic carbocycles. The summed E-state index contributed by atoms with van der Waals surface area (Å²) >= 11 is 0. The first-order chi connectivity index (χ1) is 12.5. The minimum absolute atomic E-state index is 0.0153. The lowest BCUT2D eigenvalue weighted by Crippen LogP contribution is -2.52. The van der Waals surface area contributed by atoms with Crippen LogP contribution < -0.4 is 15.5 Å². The largest absolute Gasteiger partial charge is 0.326 e. The third kappa shape index (κ3) is 3.87. The first-order valence-corrected chi connectivity index (χ1v) is 8.99. The Morgan fingerprint density at radius 2 is 1.85 bits per heavy atom. The normalized spacial score (nSPS) is 14.1. The summed E-state index contributed by atoms with van der Waals surface area (Å²) in [5, 5.41) is 5.66. The second-order valence-electron chi connectivity index (χ2n) is 7.06. The van der Waals surface area contributed by atoms with Gasteiger partial charge in [0.25, 0.3) is 0 Å². The van der Waals surface area contributed by atoms with Crippen LogP contribution in [0.15, 0.2) is 48.5 Å². The Labute approximate surface area is 154 Å². The molecule has 1 atom stereocenters. The SMILES string of the molecule is Cc1cccc(NC(=O)NC(C(=O)N2CCc3ccccc32)C(C)C)c1. The van der Waals surface area contributed by atoms with Crippen LogP contribution in [-0.2, 0) is 11.2 Å². The maximum atomic E-state index is 13.1. The summed E-state index contributed by atoms with van der Waals surface area (Å²) in [4.78, 5) is 27.3. The molecule has 1 aliphatic rings. The summed E-state index contributed by atoms with van der Waals surface area (Å²) < 4.78 is 0. The summed E-state index contributed by atoms with van der Waals surface area (Å²) in [5.41, 5.74) is 3.90. The van der Waals surface area contributed by atoms with Gasteiger partial charge in [-0.1, -0.05) is 44.2 Å². The molecule has 26 heavy (non-hydrogen) atoms. The zero-order valence-corrected chi connectivity index (χ0v) is 15.5. The van der Waals surface area contributed by atoms with Gasteiger partial charge in [0.15, 0.2) is 0 Å². The molecule has 3 rings (SSSR count). The van der Waals surface area contributed by atoms with E-state index in [1.54, 1.807) is 4.90 Å². The fourth-order valence-corrected chi connectivity index (χ4v) is 3.28. The average molecular weight is 351 g/mol. The van der Waals surface area contributed by atoms with Gasteiger partial charge in [-0.25, -0.2) is 4.79 Å². The summed E-state index contributed by atoms with van der Waals surface area (Å²) in [7, 11) is 0. The number of anilines is 2. The van der Waals surface area contributed by atoms with Gasteiger partial charge in [-0.2, -0.15) is 0 Å². The molecule has 0 radical (unpaired) electrons. The van der Waals surface area contributed by atoms with Crippen molar-refractivity contribution < 1.29 is 9.59 Å². The van der Waals surface area contributed by atoms with Crippen LogP contribution in [0.3, 0.4) is 0 Å². The van der Waals surface area contributed by atoms with Crippen LogP contribution in [0.2, 0.25) is 0 Å². The molecule has 3 amide bonds. The van der Waals surface area contributed by atoms with Crippen molar-refractivity contribution in [3.05, 3.63) is 59.7 Å². The van der Waals surface area contributed by atoms with E-state index in [9.17, 15) is 9.59 Å². The molecule has 2 aromatic carbocycles. The smallest absolute Gasteiger partial charge is 0.319 e. The van der Waals surface area contributed by atoms with Crippen molar-refractivity contribution in [3.8, 4) is 0 Å². The topological polar surface area (TPSA) is 61.4 Å². The predicted octanol–water partition coefficient (Wildman–Crippen LogP) is 3.73. The van der Waals surface area contributed by atoms with E-state index >= 15 is 0 Å². The van der Waals surface area contributed by atoms with Crippen LogP contribution in [0.25, 0.3) is 0 Å². The van der Waals surface area contributed by atoms with Crippen molar-refractivity contribution in [2.45, 2.75) is 33.2 Å². The summed E-state index contributed by atoms with van der Waals surface area (Å²) in [6.45, 7) is 6.51. The van der Waals surface area contributed by atoms with Crippen LogP contribution in [-0.4, -0.2) is 24.5 Å². The number of hydrogen-bond donors (Lipinski definition) is 2. The highest BCUT2D eigenvalue weighted by Crippen LogP contribution is 2.28. The molecule has 1 heterocycles. The molecule has 5 nitrogen and oxygen atoms in total. The first kappa shape index (κ1) is 18.0. The minimum atomic E-state index is -0.578. The Kier molecular flexibility index (Phi) is 5.26. The third-order valence-electron chi connectivity index (χ3n) is 4.65. The highest BCUT2D eigenvalue weighted by Gasteiger charge is 2.32. The van der Waals surface area contributed by atoms with Gasteiger partial charge in [-0.05, 0) is 48.6 Å². The van der Waals surface area contributed by atoms with E-state index in [4.69, 9.17) is 0 Å². The molecule has 0 saturated heterocycles. The number of hydrogen-bond acceptors (Lipinski definition) is 2. The molecule has 0 spiro atoms. The van der Waals surface area contributed by atoms with Crippen LogP contribution >= 0.6 is 0 Å². The van der Waals surface area contributed by atoms with Gasteiger partial charge in [-0.15, -0.1) is 0 Å². The lowest BCUT2D eigenvalue weighted by atomic mass is 10.0. The molecule has 0 saturated carbocycles. The number of benzene rings is 2. The molecule has 2 aromatic rings. The quantitative estimate of drug-likeness (QED) is 0.882.